The van der Waals surface area contributed by atoms with Crippen molar-refractivity contribution in [3.05, 3.63) is 12.7 Å². The first-order valence-electron chi connectivity index (χ1n) is 4.85. The van der Waals surface area contributed by atoms with Crippen molar-refractivity contribution in [3.8, 4) is 0 Å². The van der Waals surface area contributed by atoms with Crippen LogP contribution in [0.25, 0.3) is 0 Å². The van der Waals surface area contributed by atoms with Gasteiger partial charge in [-0.15, -0.1) is 6.58 Å². The van der Waals surface area contributed by atoms with Crippen LogP contribution in [0, 0.1) is 0 Å². The van der Waals surface area contributed by atoms with E-state index in [1.807, 2.05) is 6.08 Å². The summed E-state index contributed by atoms with van der Waals surface area (Å²) in [6, 6.07) is 0.775. The van der Waals surface area contributed by atoms with E-state index in [0.717, 1.165) is 12.6 Å². The monoisotopic (exact) mass is 168 g/mol. The fraction of sp³-hybridized carbons (Fsp3) is 0.800. The number of likely N-dealkylation sites (N-methyl/N-ethyl adjacent to an activating group) is 1. The van der Waals surface area contributed by atoms with Crippen molar-refractivity contribution < 1.29 is 0 Å². The number of nitrogens with zero attached hydrogens (tertiary/aromatic N) is 1. The van der Waals surface area contributed by atoms with Gasteiger partial charge in [-0.3, -0.25) is 0 Å². The molecule has 70 valence electrons. The number of hydrogen-bond donors (Lipinski definition) is 1. The van der Waals surface area contributed by atoms with Gasteiger partial charge >= 0.3 is 0 Å². The summed E-state index contributed by atoms with van der Waals surface area (Å²) in [5.41, 5.74) is 0. The normalized spacial score (nSPS) is 23.3. The van der Waals surface area contributed by atoms with Crippen molar-refractivity contribution in [1.29, 1.82) is 0 Å². The van der Waals surface area contributed by atoms with Gasteiger partial charge in [0.2, 0.25) is 0 Å². The Morgan fingerprint density at radius 3 is 3.08 bits per heavy atom. The molecule has 1 unspecified atom stereocenters. The molecule has 1 saturated heterocycles. The molecule has 2 nitrogen and oxygen atoms in total. The molecule has 0 aromatic rings. The zero-order valence-corrected chi connectivity index (χ0v) is 8.05. The highest BCUT2D eigenvalue weighted by Crippen LogP contribution is 2.08. The molecule has 1 aliphatic heterocycles. The topological polar surface area (TPSA) is 15.3 Å². The summed E-state index contributed by atoms with van der Waals surface area (Å²) >= 11 is 0. The van der Waals surface area contributed by atoms with E-state index in [2.05, 4.69) is 23.8 Å². The number of nitrogens with one attached hydrogen (secondary N) is 1. The third-order valence-electron chi connectivity index (χ3n) is 2.46. The molecule has 1 fully saturated rings. The Morgan fingerprint density at radius 1 is 1.67 bits per heavy atom. The molecule has 1 rings (SSSR count). The lowest BCUT2D eigenvalue weighted by Crippen LogP contribution is -2.28. The van der Waals surface area contributed by atoms with E-state index in [9.17, 15) is 0 Å². The molecule has 1 heterocycles. The van der Waals surface area contributed by atoms with Crippen LogP contribution in [-0.2, 0) is 0 Å². The zero-order valence-electron chi connectivity index (χ0n) is 8.05. The SMILES string of the molecule is C=CCN(C)CCC1CCCN1. The summed E-state index contributed by atoms with van der Waals surface area (Å²) < 4.78 is 0. The van der Waals surface area contributed by atoms with Gasteiger partial charge in [-0.1, -0.05) is 6.08 Å². The third kappa shape index (κ3) is 3.37. The van der Waals surface area contributed by atoms with E-state index in [-0.39, 0.29) is 0 Å². The van der Waals surface area contributed by atoms with Gasteiger partial charge < -0.3 is 10.2 Å². The van der Waals surface area contributed by atoms with Crippen molar-refractivity contribution in [1.82, 2.24) is 10.2 Å². The van der Waals surface area contributed by atoms with Crippen LogP contribution < -0.4 is 5.32 Å². The Bertz CT molecular complexity index is 128. The third-order valence-corrected chi connectivity index (χ3v) is 2.46. The van der Waals surface area contributed by atoms with E-state index in [1.165, 1.54) is 32.4 Å². The molecule has 2 heteroatoms. The van der Waals surface area contributed by atoms with Crippen molar-refractivity contribution in [2.75, 3.05) is 26.7 Å². The summed E-state index contributed by atoms with van der Waals surface area (Å²) in [6.07, 6.45) is 5.96. The average Bonchev–Trinajstić information content (AvgIpc) is 2.53. The van der Waals surface area contributed by atoms with Crippen LogP contribution in [0.3, 0.4) is 0 Å². The Hall–Kier alpha value is -0.340. The van der Waals surface area contributed by atoms with Crippen molar-refractivity contribution in [2.45, 2.75) is 25.3 Å². The van der Waals surface area contributed by atoms with Gasteiger partial charge in [-0.25, -0.2) is 0 Å². The van der Waals surface area contributed by atoms with E-state index < -0.39 is 0 Å². The molecule has 0 radical (unpaired) electrons. The van der Waals surface area contributed by atoms with Crippen LogP contribution in [0.15, 0.2) is 12.7 Å². The Balaban J connectivity index is 2.03. The number of hydrogen-bond acceptors (Lipinski definition) is 2. The zero-order chi connectivity index (χ0) is 8.81. The molecule has 0 amide bonds. The van der Waals surface area contributed by atoms with Gasteiger partial charge in [0.25, 0.3) is 0 Å². The Kier molecular flexibility index (Phi) is 4.33. The molecule has 1 N–H and O–H groups in total. The minimum absolute atomic E-state index is 0.775. The van der Waals surface area contributed by atoms with Crippen LogP contribution >= 0.6 is 0 Å². The Labute approximate surface area is 75.6 Å². The predicted molar refractivity (Wildman–Crippen MR) is 53.3 cm³/mol. The maximum atomic E-state index is 3.72. The number of rotatable bonds is 5. The molecule has 0 saturated carbocycles. The lowest BCUT2D eigenvalue weighted by Gasteiger charge is -2.17. The van der Waals surface area contributed by atoms with Gasteiger partial charge in [0.15, 0.2) is 0 Å². The standard InChI is InChI=1S/C10H20N2/c1-3-8-12(2)9-6-10-5-4-7-11-10/h3,10-11H,1,4-9H2,2H3. The predicted octanol–water partition coefficient (Wildman–Crippen LogP) is 1.25. The minimum Gasteiger partial charge on any atom is -0.314 e. The molecule has 0 aromatic carbocycles. The summed E-state index contributed by atoms with van der Waals surface area (Å²) in [5.74, 6) is 0. The first-order chi connectivity index (χ1) is 5.83. The minimum atomic E-state index is 0.775. The van der Waals surface area contributed by atoms with Gasteiger partial charge in [0.1, 0.15) is 0 Å². The molecule has 1 atom stereocenters. The van der Waals surface area contributed by atoms with Crippen LogP contribution in [0.5, 0.6) is 0 Å². The summed E-state index contributed by atoms with van der Waals surface area (Å²) in [7, 11) is 2.15. The molecule has 12 heavy (non-hydrogen) atoms. The second-order valence-electron chi connectivity index (χ2n) is 3.63. The summed E-state index contributed by atoms with van der Waals surface area (Å²) in [4.78, 5) is 2.31. The smallest absolute Gasteiger partial charge is 0.0157 e. The highest BCUT2D eigenvalue weighted by atomic mass is 15.1. The lowest BCUT2D eigenvalue weighted by molar-refractivity contribution is 0.342. The molecule has 0 aliphatic carbocycles. The summed E-state index contributed by atoms with van der Waals surface area (Å²) in [5, 5.41) is 3.50. The van der Waals surface area contributed by atoms with Gasteiger partial charge in [0.05, 0.1) is 0 Å². The molecular weight excluding hydrogens is 148 g/mol. The molecule has 0 bridgehead atoms. The van der Waals surface area contributed by atoms with E-state index in [4.69, 9.17) is 0 Å². The van der Waals surface area contributed by atoms with Gasteiger partial charge in [-0.05, 0) is 39.4 Å². The van der Waals surface area contributed by atoms with Crippen molar-refractivity contribution in [3.63, 3.8) is 0 Å². The van der Waals surface area contributed by atoms with Crippen LogP contribution in [0.1, 0.15) is 19.3 Å². The lowest BCUT2D eigenvalue weighted by atomic mass is 10.1. The summed E-state index contributed by atoms with van der Waals surface area (Å²) in [6.45, 7) is 7.13. The fourth-order valence-electron chi connectivity index (χ4n) is 1.69. The van der Waals surface area contributed by atoms with Crippen molar-refractivity contribution in [2.24, 2.45) is 0 Å². The highest BCUT2D eigenvalue weighted by molar-refractivity contribution is 4.77. The van der Waals surface area contributed by atoms with E-state index in [0.29, 0.717) is 0 Å². The highest BCUT2D eigenvalue weighted by Gasteiger charge is 2.13. The first kappa shape index (κ1) is 9.75. The molecule has 0 aromatic heterocycles. The molecule has 1 aliphatic rings. The largest absolute Gasteiger partial charge is 0.314 e. The second-order valence-corrected chi connectivity index (χ2v) is 3.63. The fourth-order valence-corrected chi connectivity index (χ4v) is 1.69. The second kappa shape index (κ2) is 5.33. The maximum absolute atomic E-state index is 3.72. The van der Waals surface area contributed by atoms with Crippen LogP contribution in [0.2, 0.25) is 0 Å². The van der Waals surface area contributed by atoms with E-state index in [1.54, 1.807) is 0 Å². The average molecular weight is 168 g/mol. The Morgan fingerprint density at radius 2 is 2.50 bits per heavy atom. The van der Waals surface area contributed by atoms with Gasteiger partial charge in [0, 0.05) is 12.6 Å². The quantitative estimate of drug-likeness (QED) is 0.621. The van der Waals surface area contributed by atoms with Crippen LogP contribution in [0.4, 0.5) is 0 Å². The maximum Gasteiger partial charge on any atom is 0.0157 e. The van der Waals surface area contributed by atoms with Gasteiger partial charge in [-0.2, -0.15) is 0 Å². The molecule has 0 spiro atoms. The van der Waals surface area contributed by atoms with Crippen LogP contribution in [-0.4, -0.2) is 37.6 Å². The van der Waals surface area contributed by atoms with Crippen molar-refractivity contribution >= 4 is 0 Å². The first-order valence-corrected chi connectivity index (χ1v) is 4.85. The molecular formula is C10H20N2. The van der Waals surface area contributed by atoms with E-state index >= 15 is 0 Å².